The molecule has 0 aliphatic heterocycles. The zero-order chi connectivity index (χ0) is 14.1. The largest absolute Gasteiger partial charge is 0.497 e. The molecule has 3 aromatic rings. The molecule has 100 valence electrons. The average Bonchev–Trinajstić information content (AvgIpc) is 2.48. The van der Waals surface area contributed by atoms with Crippen LogP contribution in [0.15, 0.2) is 53.3 Å². The summed E-state index contributed by atoms with van der Waals surface area (Å²) < 4.78 is 5.18. The van der Waals surface area contributed by atoms with Gasteiger partial charge < -0.3 is 9.72 Å². The minimum absolute atomic E-state index is 0.0749. The van der Waals surface area contributed by atoms with Gasteiger partial charge in [0.05, 0.1) is 7.11 Å². The monoisotopic (exact) mass is 265 g/mol. The van der Waals surface area contributed by atoms with Crippen molar-refractivity contribution in [3.8, 4) is 16.9 Å². The number of aryl methyl sites for hydroxylation is 1. The van der Waals surface area contributed by atoms with Crippen molar-refractivity contribution in [2.75, 3.05) is 7.11 Å². The summed E-state index contributed by atoms with van der Waals surface area (Å²) in [5.41, 5.74) is 4.24. The minimum Gasteiger partial charge on any atom is -0.497 e. The first-order valence-electron chi connectivity index (χ1n) is 6.46. The van der Waals surface area contributed by atoms with Crippen LogP contribution in [-0.4, -0.2) is 12.1 Å². The van der Waals surface area contributed by atoms with Crippen LogP contribution in [0.25, 0.3) is 22.0 Å². The van der Waals surface area contributed by atoms with Gasteiger partial charge in [0.2, 0.25) is 5.56 Å². The molecule has 3 heteroatoms. The van der Waals surface area contributed by atoms with Crippen LogP contribution >= 0.6 is 0 Å². The second-order valence-corrected chi connectivity index (χ2v) is 4.75. The lowest BCUT2D eigenvalue weighted by molar-refractivity contribution is 0.415. The number of H-pyrrole nitrogens is 1. The van der Waals surface area contributed by atoms with Crippen LogP contribution in [0.5, 0.6) is 5.75 Å². The van der Waals surface area contributed by atoms with E-state index in [1.54, 1.807) is 13.2 Å². The Morgan fingerprint density at radius 2 is 1.70 bits per heavy atom. The molecule has 0 atom stereocenters. The standard InChI is InChI=1S/C17H15NO2/c1-11-14(12-3-5-13(20-2)6-4-12)7-9-16-15(11)8-10-17(19)18-16/h3-10H,1-2H3,(H,18,19). The third kappa shape index (κ3) is 2.07. The van der Waals surface area contributed by atoms with E-state index >= 15 is 0 Å². The van der Waals surface area contributed by atoms with E-state index in [2.05, 4.69) is 11.9 Å². The van der Waals surface area contributed by atoms with Crippen LogP contribution in [0.1, 0.15) is 5.56 Å². The highest BCUT2D eigenvalue weighted by Gasteiger charge is 2.06. The average molecular weight is 265 g/mol. The zero-order valence-corrected chi connectivity index (χ0v) is 11.4. The van der Waals surface area contributed by atoms with Gasteiger partial charge in [0, 0.05) is 17.0 Å². The number of aromatic nitrogens is 1. The summed E-state index contributed by atoms with van der Waals surface area (Å²) in [6.45, 7) is 2.07. The summed E-state index contributed by atoms with van der Waals surface area (Å²) in [6.07, 6.45) is 0. The van der Waals surface area contributed by atoms with E-state index in [9.17, 15) is 4.79 Å². The molecule has 1 aromatic heterocycles. The smallest absolute Gasteiger partial charge is 0.248 e. The molecule has 0 fully saturated rings. The SMILES string of the molecule is COc1ccc(-c2ccc3[nH]c(=O)ccc3c2C)cc1. The molecule has 0 aliphatic carbocycles. The molecule has 0 spiro atoms. The van der Waals surface area contributed by atoms with Gasteiger partial charge in [-0.05, 0) is 47.9 Å². The summed E-state index contributed by atoms with van der Waals surface area (Å²) in [4.78, 5) is 14.2. The highest BCUT2D eigenvalue weighted by atomic mass is 16.5. The lowest BCUT2D eigenvalue weighted by atomic mass is 9.97. The van der Waals surface area contributed by atoms with Crippen molar-refractivity contribution in [3.05, 3.63) is 64.4 Å². The van der Waals surface area contributed by atoms with Crippen LogP contribution in [0, 0.1) is 6.92 Å². The molecule has 0 saturated carbocycles. The Labute approximate surface area is 116 Å². The molecule has 1 heterocycles. The van der Waals surface area contributed by atoms with Crippen molar-refractivity contribution in [1.29, 1.82) is 0 Å². The normalized spacial score (nSPS) is 10.7. The van der Waals surface area contributed by atoms with Crippen LogP contribution in [-0.2, 0) is 0 Å². The number of hydrogen-bond acceptors (Lipinski definition) is 2. The fourth-order valence-corrected chi connectivity index (χ4v) is 2.47. The Morgan fingerprint density at radius 1 is 0.950 bits per heavy atom. The van der Waals surface area contributed by atoms with Gasteiger partial charge >= 0.3 is 0 Å². The van der Waals surface area contributed by atoms with Gasteiger partial charge in [-0.2, -0.15) is 0 Å². The number of benzene rings is 2. The first-order valence-corrected chi connectivity index (χ1v) is 6.46. The summed E-state index contributed by atoms with van der Waals surface area (Å²) >= 11 is 0. The third-order valence-electron chi connectivity index (χ3n) is 3.58. The Balaban J connectivity index is 2.18. The third-order valence-corrected chi connectivity index (χ3v) is 3.58. The summed E-state index contributed by atoms with van der Waals surface area (Å²) in [5, 5.41) is 1.07. The maximum absolute atomic E-state index is 11.4. The van der Waals surface area contributed by atoms with Crippen molar-refractivity contribution >= 4 is 10.9 Å². The molecule has 0 amide bonds. The first-order chi connectivity index (χ1) is 9.69. The predicted molar refractivity (Wildman–Crippen MR) is 81.3 cm³/mol. The first kappa shape index (κ1) is 12.5. The molecule has 20 heavy (non-hydrogen) atoms. The van der Waals surface area contributed by atoms with E-state index in [4.69, 9.17) is 4.74 Å². The van der Waals surface area contributed by atoms with Gasteiger partial charge in [0.15, 0.2) is 0 Å². The summed E-state index contributed by atoms with van der Waals surface area (Å²) in [6, 6.07) is 15.4. The Hall–Kier alpha value is -2.55. The van der Waals surface area contributed by atoms with Gasteiger partial charge in [-0.25, -0.2) is 0 Å². The van der Waals surface area contributed by atoms with Gasteiger partial charge in [0.25, 0.3) is 0 Å². The lowest BCUT2D eigenvalue weighted by Crippen LogP contribution is -2.03. The molecule has 1 N–H and O–H groups in total. The minimum atomic E-state index is -0.0749. The molecule has 2 aromatic carbocycles. The quantitative estimate of drug-likeness (QED) is 0.770. The summed E-state index contributed by atoms with van der Waals surface area (Å²) in [7, 11) is 1.66. The number of pyridine rings is 1. The predicted octanol–water partition coefficient (Wildman–Crippen LogP) is 3.51. The van der Waals surface area contributed by atoms with Crippen molar-refractivity contribution in [3.63, 3.8) is 0 Å². The Kier molecular flexibility index (Phi) is 3.03. The van der Waals surface area contributed by atoms with Gasteiger partial charge in [-0.1, -0.05) is 18.2 Å². The molecule has 0 saturated heterocycles. The number of hydrogen-bond donors (Lipinski definition) is 1. The number of methoxy groups -OCH3 is 1. The maximum Gasteiger partial charge on any atom is 0.248 e. The van der Waals surface area contributed by atoms with Crippen molar-refractivity contribution in [2.24, 2.45) is 0 Å². The lowest BCUT2D eigenvalue weighted by Gasteiger charge is -2.10. The molecular formula is C17H15NO2. The second kappa shape index (κ2) is 4.85. The fourth-order valence-electron chi connectivity index (χ4n) is 2.47. The van der Waals surface area contributed by atoms with Crippen LogP contribution < -0.4 is 10.3 Å². The molecule has 0 radical (unpaired) electrons. The molecule has 0 bridgehead atoms. The van der Waals surface area contributed by atoms with E-state index in [1.807, 2.05) is 42.5 Å². The Bertz CT molecular complexity index is 817. The Morgan fingerprint density at radius 3 is 2.40 bits per heavy atom. The van der Waals surface area contributed by atoms with E-state index < -0.39 is 0 Å². The van der Waals surface area contributed by atoms with Crippen LogP contribution in [0.2, 0.25) is 0 Å². The van der Waals surface area contributed by atoms with Crippen molar-refractivity contribution in [1.82, 2.24) is 4.98 Å². The van der Waals surface area contributed by atoms with E-state index in [1.165, 1.54) is 0 Å². The maximum atomic E-state index is 11.4. The number of rotatable bonds is 2. The van der Waals surface area contributed by atoms with E-state index in [0.717, 1.165) is 33.3 Å². The number of nitrogens with one attached hydrogen (secondary N) is 1. The second-order valence-electron chi connectivity index (χ2n) is 4.75. The van der Waals surface area contributed by atoms with E-state index in [0.29, 0.717) is 0 Å². The zero-order valence-electron chi connectivity index (χ0n) is 11.4. The van der Waals surface area contributed by atoms with Crippen molar-refractivity contribution in [2.45, 2.75) is 6.92 Å². The highest BCUT2D eigenvalue weighted by Crippen LogP contribution is 2.29. The molecule has 3 rings (SSSR count). The molecule has 0 aliphatic rings. The van der Waals surface area contributed by atoms with Gasteiger partial charge in [-0.3, -0.25) is 4.79 Å². The van der Waals surface area contributed by atoms with Gasteiger partial charge in [-0.15, -0.1) is 0 Å². The number of aromatic amines is 1. The van der Waals surface area contributed by atoms with Crippen LogP contribution in [0.4, 0.5) is 0 Å². The number of ether oxygens (including phenoxy) is 1. The highest BCUT2D eigenvalue weighted by molar-refractivity contribution is 5.89. The van der Waals surface area contributed by atoms with Crippen LogP contribution in [0.3, 0.4) is 0 Å². The number of fused-ring (bicyclic) bond motifs is 1. The summed E-state index contributed by atoms with van der Waals surface area (Å²) in [5.74, 6) is 0.844. The van der Waals surface area contributed by atoms with Crippen molar-refractivity contribution < 1.29 is 4.74 Å². The molecule has 0 unspecified atom stereocenters. The topological polar surface area (TPSA) is 42.1 Å². The molecular weight excluding hydrogens is 250 g/mol. The van der Waals surface area contributed by atoms with E-state index in [-0.39, 0.29) is 5.56 Å². The van der Waals surface area contributed by atoms with Gasteiger partial charge in [0.1, 0.15) is 5.75 Å². The molecule has 3 nitrogen and oxygen atoms in total. The fraction of sp³-hybridized carbons (Fsp3) is 0.118.